The standard InChI is InChI=1S/C16H21N3O3/c1-19(10-4-3-5-16(20)21)15-11-14(17-18-15)12-6-8-13(22-2)9-7-12/h6-9,11H,3-5,10H2,1-2H3,(H,17,18)(H,20,21). The van der Waals surface area contributed by atoms with Crippen molar-refractivity contribution < 1.29 is 14.6 Å². The molecular formula is C16H21N3O3. The summed E-state index contributed by atoms with van der Waals surface area (Å²) in [5.41, 5.74) is 1.98. The van der Waals surface area contributed by atoms with E-state index in [4.69, 9.17) is 9.84 Å². The van der Waals surface area contributed by atoms with Gasteiger partial charge in [-0.15, -0.1) is 0 Å². The van der Waals surface area contributed by atoms with Crippen LogP contribution in [0.5, 0.6) is 5.75 Å². The van der Waals surface area contributed by atoms with Gasteiger partial charge in [0, 0.05) is 26.1 Å². The third kappa shape index (κ3) is 4.25. The molecule has 0 aliphatic heterocycles. The van der Waals surface area contributed by atoms with Gasteiger partial charge in [-0.1, -0.05) is 0 Å². The lowest BCUT2D eigenvalue weighted by atomic mass is 10.1. The van der Waals surface area contributed by atoms with Crippen molar-refractivity contribution in [2.75, 3.05) is 25.6 Å². The molecule has 118 valence electrons. The lowest BCUT2D eigenvalue weighted by Gasteiger charge is -2.15. The van der Waals surface area contributed by atoms with Crippen LogP contribution in [0.4, 0.5) is 5.82 Å². The number of methoxy groups -OCH3 is 1. The molecule has 1 aromatic carbocycles. The van der Waals surface area contributed by atoms with Gasteiger partial charge in [-0.25, -0.2) is 0 Å². The third-order valence-corrected chi connectivity index (χ3v) is 3.49. The second-order valence-corrected chi connectivity index (χ2v) is 5.14. The van der Waals surface area contributed by atoms with Crippen molar-refractivity contribution in [3.05, 3.63) is 30.3 Å². The number of aliphatic carboxylic acids is 1. The Labute approximate surface area is 129 Å². The molecule has 0 spiro atoms. The third-order valence-electron chi connectivity index (χ3n) is 3.49. The molecule has 0 radical (unpaired) electrons. The summed E-state index contributed by atoms with van der Waals surface area (Å²) in [7, 11) is 3.59. The number of aromatic nitrogens is 2. The molecule has 0 unspecified atom stereocenters. The summed E-state index contributed by atoms with van der Waals surface area (Å²) < 4.78 is 5.14. The van der Waals surface area contributed by atoms with E-state index in [1.807, 2.05) is 42.3 Å². The van der Waals surface area contributed by atoms with Crippen LogP contribution in [-0.4, -0.2) is 42.0 Å². The smallest absolute Gasteiger partial charge is 0.303 e. The number of H-pyrrole nitrogens is 1. The van der Waals surface area contributed by atoms with Crippen molar-refractivity contribution in [3.63, 3.8) is 0 Å². The summed E-state index contributed by atoms with van der Waals surface area (Å²) in [6, 6.07) is 9.75. The van der Waals surface area contributed by atoms with E-state index in [1.54, 1.807) is 7.11 Å². The molecule has 0 aliphatic rings. The quantitative estimate of drug-likeness (QED) is 0.733. The molecule has 0 aliphatic carbocycles. The number of hydrogen-bond donors (Lipinski definition) is 2. The van der Waals surface area contributed by atoms with E-state index in [9.17, 15) is 4.79 Å². The number of rotatable bonds is 8. The summed E-state index contributed by atoms with van der Waals surface area (Å²) in [4.78, 5) is 12.5. The number of nitrogens with one attached hydrogen (secondary N) is 1. The van der Waals surface area contributed by atoms with Gasteiger partial charge in [0.25, 0.3) is 0 Å². The monoisotopic (exact) mass is 303 g/mol. The van der Waals surface area contributed by atoms with Gasteiger partial charge in [0.15, 0.2) is 5.82 Å². The molecule has 6 heteroatoms. The predicted octanol–water partition coefficient (Wildman–Crippen LogP) is 2.78. The van der Waals surface area contributed by atoms with Crippen molar-refractivity contribution in [3.8, 4) is 17.0 Å². The minimum Gasteiger partial charge on any atom is -0.497 e. The first-order valence-corrected chi connectivity index (χ1v) is 7.23. The topological polar surface area (TPSA) is 78.4 Å². The summed E-state index contributed by atoms with van der Waals surface area (Å²) in [5, 5.41) is 15.9. The molecule has 2 aromatic rings. The lowest BCUT2D eigenvalue weighted by Crippen LogP contribution is -2.19. The Balaban J connectivity index is 1.93. The fraction of sp³-hybridized carbons (Fsp3) is 0.375. The maximum Gasteiger partial charge on any atom is 0.303 e. The zero-order valence-corrected chi connectivity index (χ0v) is 12.9. The van der Waals surface area contributed by atoms with Gasteiger partial charge in [-0.2, -0.15) is 5.10 Å². The Hall–Kier alpha value is -2.50. The number of ether oxygens (including phenoxy) is 1. The number of aromatic amines is 1. The Bertz CT molecular complexity index is 607. The zero-order chi connectivity index (χ0) is 15.9. The highest BCUT2D eigenvalue weighted by Gasteiger charge is 2.08. The van der Waals surface area contributed by atoms with Gasteiger partial charge in [0.1, 0.15) is 5.75 Å². The van der Waals surface area contributed by atoms with Crippen molar-refractivity contribution in [2.24, 2.45) is 0 Å². The van der Waals surface area contributed by atoms with E-state index >= 15 is 0 Å². The van der Waals surface area contributed by atoms with E-state index in [-0.39, 0.29) is 6.42 Å². The molecule has 0 amide bonds. The first kappa shape index (κ1) is 15.9. The van der Waals surface area contributed by atoms with Crippen LogP contribution in [0.25, 0.3) is 11.3 Å². The Morgan fingerprint density at radius 1 is 1.32 bits per heavy atom. The molecule has 1 heterocycles. The highest BCUT2D eigenvalue weighted by Crippen LogP contribution is 2.23. The van der Waals surface area contributed by atoms with E-state index < -0.39 is 5.97 Å². The molecule has 0 fully saturated rings. The maximum atomic E-state index is 10.5. The number of anilines is 1. The van der Waals surface area contributed by atoms with E-state index in [0.717, 1.165) is 35.8 Å². The second kappa shape index (κ2) is 7.49. The van der Waals surface area contributed by atoms with E-state index in [0.29, 0.717) is 6.42 Å². The Kier molecular flexibility index (Phi) is 5.41. The number of carbonyl (C=O) groups is 1. The largest absolute Gasteiger partial charge is 0.497 e. The minimum atomic E-state index is -0.746. The molecule has 0 saturated heterocycles. The van der Waals surface area contributed by atoms with Crippen molar-refractivity contribution >= 4 is 11.8 Å². The van der Waals surface area contributed by atoms with E-state index in [1.165, 1.54) is 0 Å². The van der Waals surface area contributed by atoms with Gasteiger partial charge in [0.05, 0.1) is 12.8 Å². The number of carboxylic acids is 1. The fourth-order valence-corrected chi connectivity index (χ4v) is 2.16. The van der Waals surface area contributed by atoms with E-state index in [2.05, 4.69) is 10.2 Å². The highest BCUT2D eigenvalue weighted by molar-refractivity contribution is 5.66. The van der Waals surface area contributed by atoms with Crippen LogP contribution in [0, 0.1) is 0 Å². The lowest BCUT2D eigenvalue weighted by molar-refractivity contribution is -0.137. The normalized spacial score (nSPS) is 10.5. The van der Waals surface area contributed by atoms with Crippen LogP contribution in [0.15, 0.2) is 30.3 Å². The molecule has 0 bridgehead atoms. The highest BCUT2D eigenvalue weighted by atomic mass is 16.5. The molecule has 2 rings (SSSR count). The van der Waals surface area contributed by atoms with Crippen LogP contribution in [0.1, 0.15) is 19.3 Å². The van der Waals surface area contributed by atoms with Gasteiger partial charge in [-0.05, 0) is 42.7 Å². The summed E-state index contributed by atoms with van der Waals surface area (Å²) in [5.74, 6) is 0.921. The number of unbranched alkanes of at least 4 members (excludes halogenated alkanes) is 1. The van der Waals surface area contributed by atoms with Crippen molar-refractivity contribution in [2.45, 2.75) is 19.3 Å². The summed E-state index contributed by atoms with van der Waals surface area (Å²) >= 11 is 0. The molecule has 6 nitrogen and oxygen atoms in total. The average Bonchev–Trinajstić information content (AvgIpc) is 3.01. The second-order valence-electron chi connectivity index (χ2n) is 5.14. The summed E-state index contributed by atoms with van der Waals surface area (Å²) in [6.07, 6.45) is 1.72. The minimum absolute atomic E-state index is 0.214. The Morgan fingerprint density at radius 3 is 2.68 bits per heavy atom. The van der Waals surface area contributed by atoms with Crippen LogP contribution in [0.3, 0.4) is 0 Å². The number of nitrogens with zero attached hydrogens (tertiary/aromatic N) is 2. The van der Waals surface area contributed by atoms with Crippen LogP contribution < -0.4 is 9.64 Å². The number of hydrogen-bond acceptors (Lipinski definition) is 4. The van der Waals surface area contributed by atoms with Crippen LogP contribution in [0.2, 0.25) is 0 Å². The SMILES string of the molecule is COc1ccc(-c2cc(N(C)CCCCC(=O)O)n[nH]2)cc1. The molecule has 0 atom stereocenters. The number of carboxylic acid groups (broad SMARTS) is 1. The average molecular weight is 303 g/mol. The zero-order valence-electron chi connectivity index (χ0n) is 12.9. The first-order chi connectivity index (χ1) is 10.6. The van der Waals surface area contributed by atoms with Crippen LogP contribution in [-0.2, 0) is 4.79 Å². The maximum absolute atomic E-state index is 10.5. The fourth-order valence-electron chi connectivity index (χ4n) is 2.16. The van der Waals surface area contributed by atoms with Gasteiger partial charge in [0.2, 0.25) is 0 Å². The van der Waals surface area contributed by atoms with Gasteiger partial charge < -0.3 is 14.7 Å². The molecule has 0 saturated carbocycles. The van der Waals surface area contributed by atoms with Crippen molar-refractivity contribution in [1.29, 1.82) is 0 Å². The van der Waals surface area contributed by atoms with Crippen molar-refractivity contribution in [1.82, 2.24) is 10.2 Å². The van der Waals surface area contributed by atoms with Crippen LogP contribution >= 0.6 is 0 Å². The molecular weight excluding hydrogens is 282 g/mol. The molecule has 22 heavy (non-hydrogen) atoms. The first-order valence-electron chi connectivity index (χ1n) is 7.23. The molecule has 2 N–H and O–H groups in total. The van der Waals surface area contributed by atoms with Gasteiger partial charge >= 0.3 is 5.97 Å². The van der Waals surface area contributed by atoms with Gasteiger partial charge in [-0.3, -0.25) is 9.89 Å². The Morgan fingerprint density at radius 2 is 2.05 bits per heavy atom. The molecule has 1 aromatic heterocycles. The number of benzene rings is 1. The summed E-state index contributed by atoms with van der Waals surface area (Å²) in [6.45, 7) is 0.778. The predicted molar refractivity (Wildman–Crippen MR) is 85.3 cm³/mol.